The topological polar surface area (TPSA) is 39.1 Å². The molecule has 1 rings (SSSR count). The molecule has 0 bridgehead atoms. The van der Waals surface area contributed by atoms with Gasteiger partial charge in [0, 0.05) is 25.9 Å². The molecule has 0 saturated heterocycles. The van der Waals surface area contributed by atoms with Gasteiger partial charge in [0.2, 0.25) is 5.95 Å². The van der Waals surface area contributed by atoms with E-state index in [9.17, 15) is 0 Å². The van der Waals surface area contributed by atoms with Gasteiger partial charge >= 0.3 is 0 Å². The van der Waals surface area contributed by atoms with Crippen LogP contribution in [0.3, 0.4) is 0 Å². The Morgan fingerprint density at radius 2 is 2.25 bits per heavy atom. The van der Waals surface area contributed by atoms with Crippen LogP contribution >= 0.6 is 0 Å². The number of ether oxygens (including phenoxy) is 1. The van der Waals surface area contributed by atoms with Crippen molar-refractivity contribution in [3.05, 3.63) is 11.9 Å². The highest BCUT2D eigenvalue weighted by atomic mass is 16.5. The van der Waals surface area contributed by atoms with Gasteiger partial charge in [0.1, 0.15) is 0 Å². The molecule has 0 saturated carbocycles. The second-order valence-corrected chi connectivity index (χ2v) is 4.40. The van der Waals surface area contributed by atoms with Crippen LogP contribution in [-0.2, 0) is 11.3 Å². The van der Waals surface area contributed by atoms with E-state index in [1.54, 1.807) is 0 Å². The van der Waals surface area contributed by atoms with E-state index in [4.69, 9.17) is 4.74 Å². The minimum Gasteiger partial charge on any atom is -0.379 e. The van der Waals surface area contributed by atoms with Crippen LogP contribution in [0.25, 0.3) is 0 Å². The second-order valence-electron chi connectivity index (χ2n) is 4.40. The summed E-state index contributed by atoms with van der Waals surface area (Å²) in [6.07, 6.45) is 2.05. The Balaban J connectivity index is 2.40. The molecule has 0 fully saturated rings. The lowest BCUT2D eigenvalue weighted by atomic mass is 10.2. The molecule has 0 unspecified atom stereocenters. The van der Waals surface area contributed by atoms with Gasteiger partial charge in [-0.25, -0.2) is 4.98 Å². The zero-order valence-electron chi connectivity index (χ0n) is 10.8. The molecule has 4 heteroatoms. The lowest BCUT2D eigenvalue weighted by Crippen LogP contribution is -2.12. The van der Waals surface area contributed by atoms with Crippen molar-refractivity contribution < 1.29 is 4.74 Å². The van der Waals surface area contributed by atoms with Gasteiger partial charge in [-0.1, -0.05) is 13.8 Å². The number of aryl methyl sites for hydroxylation is 1. The standard InChI is InChI=1S/C12H23N3O/c1-5-13-12-14-11(4)8-15(12)6-7-16-9-10(2)3/h8,10H,5-7,9H2,1-4H3,(H,13,14). The highest BCUT2D eigenvalue weighted by molar-refractivity contribution is 5.28. The Morgan fingerprint density at radius 1 is 1.50 bits per heavy atom. The maximum Gasteiger partial charge on any atom is 0.203 e. The van der Waals surface area contributed by atoms with Crippen LogP contribution in [0.15, 0.2) is 6.20 Å². The number of hydrogen-bond donors (Lipinski definition) is 1. The summed E-state index contributed by atoms with van der Waals surface area (Å²) >= 11 is 0. The summed E-state index contributed by atoms with van der Waals surface area (Å²) in [7, 11) is 0. The number of imidazole rings is 1. The van der Waals surface area contributed by atoms with Crippen molar-refractivity contribution in [3.8, 4) is 0 Å². The van der Waals surface area contributed by atoms with Crippen LogP contribution in [0.2, 0.25) is 0 Å². The number of rotatable bonds is 7. The third kappa shape index (κ3) is 4.23. The number of nitrogens with one attached hydrogen (secondary N) is 1. The third-order valence-electron chi connectivity index (χ3n) is 2.16. The van der Waals surface area contributed by atoms with Crippen molar-refractivity contribution in [1.82, 2.24) is 9.55 Å². The fraction of sp³-hybridized carbons (Fsp3) is 0.750. The zero-order valence-corrected chi connectivity index (χ0v) is 10.8. The van der Waals surface area contributed by atoms with E-state index in [-0.39, 0.29) is 0 Å². The molecule has 0 amide bonds. The van der Waals surface area contributed by atoms with E-state index < -0.39 is 0 Å². The Bertz CT molecular complexity index is 307. The largest absolute Gasteiger partial charge is 0.379 e. The first-order chi connectivity index (χ1) is 7.63. The van der Waals surface area contributed by atoms with Crippen LogP contribution < -0.4 is 5.32 Å². The van der Waals surface area contributed by atoms with E-state index in [0.717, 1.165) is 37.9 Å². The fourth-order valence-corrected chi connectivity index (χ4v) is 1.50. The average molecular weight is 225 g/mol. The maximum atomic E-state index is 5.57. The van der Waals surface area contributed by atoms with Gasteiger partial charge in [-0.05, 0) is 19.8 Å². The van der Waals surface area contributed by atoms with E-state index >= 15 is 0 Å². The molecular formula is C12H23N3O. The maximum absolute atomic E-state index is 5.57. The smallest absolute Gasteiger partial charge is 0.203 e. The van der Waals surface area contributed by atoms with E-state index in [0.29, 0.717) is 5.92 Å². The van der Waals surface area contributed by atoms with Gasteiger partial charge in [-0.15, -0.1) is 0 Å². The lowest BCUT2D eigenvalue weighted by Gasteiger charge is -2.10. The predicted molar refractivity (Wildman–Crippen MR) is 66.8 cm³/mol. The second kappa shape index (κ2) is 6.53. The number of aromatic nitrogens is 2. The zero-order chi connectivity index (χ0) is 12.0. The van der Waals surface area contributed by atoms with Crippen LogP contribution in [0, 0.1) is 12.8 Å². The number of nitrogens with zero attached hydrogens (tertiary/aromatic N) is 2. The minimum atomic E-state index is 0.595. The van der Waals surface area contributed by atoms with Crippen LogP contribution in [0.1, 0.15) is 26.5 Å². The molecular weight excluding hydrogens is 202 g/mol. The van der Waals surface area contributed by atoms with Crippen molar-refractivity contribution in [2.75, 3.05) is 25.1 Å². The highest BCUT2D eigenvalue weighted by Gasteiger charge is 2.03. The minimum absolute atomic E-state index is 0.595. The van der Waals surface area contributed by atoms with Gasteiger partial charge in [-0.2, -0.15) is 0 Å². The van der Waals surface area contributed by atoms with Crippen molar-refractivity contribution in [3.63, 3.8) is 0 Å². The summed E-state index contributed by atoms with van der Waals surface area (Å²) in [5, 5.41) is 3.24. The number of hydrogen-bond acceptors (Lipinski definition) is 3. The van der Waals surface area contributed by atoms with Crippen molar-refractivity contribution in [2.45, 2.75) is 34.2 Å². The molecule has 92 valence electrons. The molecule has 0 aliphatic rings. The van der Waals surface area contributed by atoms with Crippen LogP contribution in [0.5, 0.6) is 0 Å². The van der Waals surface area contributed by atoms with Crippen LogP contribution in [-0.4, -0.2) is 29.3 Å². The first-order valence-electron chi connectivity index (χ1n) is 5.98. The molecule has 4 nitrogen and oxygen atoms in total. The normalized spacial score (nSPS) is 11.1. The molecule has 1 heterocycles. The average Bonchev–Trinajstić information content (AvgIpc) is 2.54. The predicted octanol–water partition coefficient (Wildman–Crippen LogP) is 2.30. The number of anilines is 1. The van der Waals surface area contributed by atoms with E-state index in [1.807, 2.05) is 6.92 Å². The molecule has 1 aromatic rings. The van der Waals surface area contributed by atoms with Gasteiger partial charge in [0.05, 0.1) is 12.3 Å². The monoisotopic (exact) mass is 225 g/mol. The summed E-state index contributed by atoms with van der Waals surface area (Å²) in [5.74, 6) is 1.53. The molecule has 0 aliphatic heterocycles. The molecule has 0 spiro atoms. The molecule has 0 radical (unpaired) electrons. The summed E-state index contributed by atoms with van der Waals surface area (Å²) in [4.78, 5) is 4.41. The van der Waals surface area contributed by atoms with Gasteiger partial charge < -0.3 is 14.6 Å². The van der Waals surface area contributed by atoms with Gasteiger partial charge in [0.15, 0.2) is 0 Å². The quantitative estimate of drug-likeness (QED) is 0.724. The molecule has 1 N–H and O–H groups in total. The first-order valence-corrected chi connectivity index (χ1v) is 5.98. The van der Waals surface area contributed by atoms with E-state index in [2.05, 4.69) is 41.8 Å². The third-order valence-corrected chi connectivity index (χ3v) is 2.16. The molecule has 0 aromatic carbocycles. The first kappa shape index (κ1) is 13.0. The summed E-state index contributed by atoms with van der Waals surface area (Å²) < 4.78 is 7.68. The summed E-state index contributed by atoms with van der Waals surface area (Å²) in [5.41, 5.74) is 1.04. The SMILES string of the molecule is CCNc1nc(C)cn1CCOCC(C)C. The molecule has 0 aliphatic carbocycles. The van der Waals surface area contributed by atoms with Gasteiger partial charge in [-0.3, -0.25) is 0 Å². The van der Waals surface area contributed by atoms with Gasteiger partial charge in [0.25, 0.3) is 0 Å². The van der Waals surface area contributed by atoms with Crippen LogP contribution in [0.4, 0.5) is 5.95 Å². The Morgan fingerprint density at radius 3 is 2.88 bits per heavy atom. The Kier molecular flexibility index (Phi) is 5.32. The van der Waals surface area contributed by atoms with Crippen molar-refractivity contribution in [1.29, 1.82) is 0 Å². The fourth-order valence-electron chi connectivity index (χ4n) is 1.50. The molecule has 16 heavy (non-hydrogen) atoms. The van der Waals surface area contributed by atoms with Crippen molar-refractivity contribution >= 4 is 5.95 Å². The van der Waals surface area contributed by atoms with E-state index in [1.165, 1.54) is 0 Å². The van der Waals surface area contributed by atoms with Crippen molar-refractivity contribution in [2.24, 2.45) is 5.92 Å². The summed E-state index contributed by atoms with van der Waals surface area (Å²) in [6.45, 7) is 11.7. The molecule has 1 aromatic heterocycles. The lowest BCUT2D eigenvalue weighted by molar-refractivity contribution is 0.103. The molecule has 0 atom stereocenters. The Hall–Kier alpha value is -1.03. The Labute approximate surface area is 98.0 Å². The highest BCUT2D eigenvalue weighted by Crippen LogP contribution is 2.07. The summed E-state index contributed by atoms with van der Waals surface area (Å²) in [6, 6.07) is 0.